The second-order valence-electron chi connectivity index (χ2n) is 7.89. The molecule has 2 nitrogen and oxygen atoms in total. The zero-order valence-electron chi connectivity index (χ0n) is 13.8. The molecular weight excluding hydrogens is 320 g/mol. The van der Waals surface area contributed by atoms with E-state index in [-0.39, 0.29) is 16.6 Å². The van der Waals surface area contributed by atoms with E-state index in [0.717, 1.165) is 24.8 Å². The molecule has 0 unspecified atom stereocenters. The van der Waals surface area contributed by atoms with Crippen LogP contribution in [0.1, 0.15) is 39.0 Å². The van der Waals surface area contributed by atoms with Gasteiger partial charge in [0, 0.05) is 29.1 Å². The zero-order valence-corrected chi connectivity index (χ0v) is 14.6. The SMILES string of the molecule is C[C@]12CC[C@H]3[C@@H](C=CC4=CC(=O)C=C[C@@]43CC#CCl)[C@@H]1CCC2=O. The Morgan fingerprint density at radius 1 is 1.25 bits per heavy atom. The Labute approximate surface area is 148 Å². The first-order chi connectivity index (χ1) is 11.5. The molecule has 24 heavy (non-hydrogen) atoms. The van der Waals surface area contributed by atoms with Crippen molar-refractivity contribution in [2.75, 3.05) is 0 Å². The molecule has 0 aromatic rings. The Bertz CT molecular complexity index is 762. The van der Waals surface area contributed by atoms with Crippen molar-refractivity contribution in [1.82, 2.24) is 0 Å². The lowest BCUT2D eigenvalue weighted by molar-refractivity contribution is -0.130. The number of hydrogen-bond acceptors (Lipinski definition) is 2. The van der Waals surface area contributed by atoms with Crippen LogP contribution in [0.3, 0.4) is 0 Å². The van der Waals surface area contributed by atoms with Crippen molar-refractivity contribution < 1.29 is 9.59 Å². The maximum absolute atomic E-state index is 12.4. The summed E-state index contributed by atoms with van der Waals surface area (Å²) in [6.07, 6.45) is 14.1. The zero-order chi connectivity index (χ0) is 16.9. The van der Waals surface area contributed by atoms with E-state index in [2.05, 4.69) is 36.5 Å². The lowest BCUT2D eigenvalue weighted by atomic mass is 9.49. The van der Waals surface area contributed by atoms with E-state index in [1.807, 2.05) is 0 Å². The van der Waals surface area contributed by atoms with Gasteiger partial charge in [0.1, 0.15) is 5.78 Å². The minimum absolute atomic E-state index is 0.0410. The lowest BCUT2D eigenvalue weighted by Crippen LogP contribution is -2.49. The molecule has 0 saturated heterocycles. The molecule has 2 fully saturated rings. The quantitative estimate of drug-likeness (QED) is 0.670. The summed E-state index contributed by atoms with van der Waals surface area (Å²) in [5, 5.41) is 2.51. The minimum atomic E-state index is -0.234. The maximum atomic E-state index is 12.4. The van der Waals surface area contributed by atoms with Crippen LogP contribution in [0.5, 0.6) is 0 Å². The first kappa shape index (κ1) is 15.9. The fourth-order valence-corrected chi connectivity index (χ4v) is 5.79. The molecule has 3 heteroatoms. The fourth-order valence-electron chi connectivity index (χ4n) is 5.73. The van der Waals surface area contributed by atoms with Crippen LogP contribution in [0.25, 0.3) is 0 Å². The topological polar surface area (TPSA) is 34.1 Å². The lowest BCUT2D eigenvalue weighted by Gasteiger charge is -2.54. The van der Waals surface area contributed by atoms with E-state index in [4.69, 9.17) is 11.6 Å². The van der Waals surface area contributed by atoms with Crippen molar-refractivity contribution >= 4 is 23.2 Å². The number of ketones is 2. The van der Waals surface area contributed by atoms with Crippen LogP contribution in [0.4, 0.5) is 0 Å². The third-order valence-electron chi connectivity index (χ3n) is 7.03. The fraction of sp³-hybridized carbons (Fsp3) is 0.524. The Balaban J connectivity index is 1.80. The molecule has 0 aromatic carbocycles. The van der Waals surface area contributed by atoms with Gasteiger partial charge in [-0.1, -0.05) is 31.1 Å². The molecular formula is C21H21ClO2. The van der Waals surface area contributed by atoms with Gasteiger partial charge in [0.15, 0.2) is 5.78 Å². The Hall–Kier alpha value is -1.59. The average Bonchev–Trinajstić information content (AvgIpc) is 2.88. The van der Waals surface area contributed by atoms with Crippen LogP contribution >= 0.6 is 11.6 Å². The van der Waals surface area contributed by atoms with E-state index in [1.165, 1.54) is 0 Å². The Morgan fingerprint density at radius 2 is 2.08 bits per heavy atom. The highest BCUT2D eigenvalue weighted by Crippen LogP contribution is 2.62. The van der Waals surface area contributed by atoms with Gasteiger partial charge >= 0.3 is 0 Å². The van der Waals surface area contributed by atoms with Crippen molar-refractivity contribution in [3.8, 4) is 11.3 Å². The molecule has 0 N–H and O–H groups in total. The number of Topliss-reactive ketones (excluding diaryl/α,β-unsaturated/α-hetero) is 1. The van der Waals surface area contributed by atoms with Crippen molar-refractivity contribution in [1.29, 1.82) is 0 Å². The van der Waals surface area contributed by atoms with Gasteiger partial charge in [0.25, 0.3) is 0 Å². The third-order valence-corrected chi connectivity index (χ3v) is 7.16. The number of carbonyl (C=O) groups is 2. The highest BCUT2D eigenvalue weighted by atomic mass is 35.5. The van der Waals surface area contributed by atoms with E-state index in [1.54, 1.807) is 12.2 Å². The summed E-state index contributed by atoms with van der Waals surface area (Å²) in [6, 6.07) is 0. The molecule has 0 amide bonds. The van der Waals surface area contributed by atoms with Gasteiger partial charge in [-0.25, -0.2) is 0 Å². The van der Waals surface area contributed by atoms with Crippen LogP contribution in [-0.4, -0.2) is 11.6 Å². The summed E-state index contributed by atoms with van der Waals surface area (Å²) >= 11 is 5.65. The molecule has 4 aliphatic rings. The molecule has 4 aliphatic carbocycles. The van der Waals surface area contributed by atoms with Gasteiger partial charge < -0.3 is 0 Å². The van der Waals surface area contributed by atoms with Gasteiger partial charge in [-0.3, -0.25) is 9.59 Å². The molecule has 4 rings (SSSR count). The van der Waals surface area contributed by atoms with E-state index in [9.17, 15) is 9.59 Å². The molecule has 0 aliphatic heterocycles. The van der Waals surface area contributed by atoms with E-state index >= 15 is 0 Å². The van der Waals surface area contributed by atoms with Crippen molar-refractivity contribution in [3.05, 3.63) is 36.0 Å². The number of hydrogen-bond donors (Lipinski definition) is 0. The van der Waals surface area contributed by atoms with Gasteiger partial charge in [-0.2, -0.15) is 0 Å². The maximum Gasteiger partial charge on any atom is 0.178 e. The third kappa shape index (κ3) is 2.04. The van der Waals surface area contributed by atoms with E-state index in [0.29, 0.717) is 36.4 Å². The van der Waals surface area contributed by atoms with Crippen LogP contribution in [0, 0.1) is 39.9 Å². The Morgan fingerprint density at radius 3 is 2.88 bits per heavy atom. The van der Waals surface area contributed by atoms with Crippen molar-refractivity contribution in [2.45, 2.75) is 39.0 Å². The molecule has 124 valence electrons. The number of halogens is 1. The smallest absolute Gasteiger partial charge is 0.178 e. The van der Waals surface area contributed by atoms with Crippen molar-refractivity contribution in [2.24, 2.45) is 28.6 Å². The summed E-state index contributed by atoms with van der Waals surface area (Å²) in [6.45, 7) is 2.16. The van der Waals surface area contributed by atoms with Crippen LogP contribution in [0.2, 0.25) is 0 Å². The number of rotatable bonds is 1. The summed E-state index contributed by atoms with van der Waals surface area (Å²) in [5.41, 5.74) is 0.659. The number of fused-ring (bicyclic) bond motifs is 5. The van der Waals surface area contributed by atoms with Crippen LogP contribution in [0.15, 0.2) is 36.0 Å². The number of allylic oxidation sites excluding steroid dienone is 6. The second kappa shape index (κ2) is 5.46. The predicted octanol–water partition coefficient (Wildman–Crippen LogP) is 4.21. The second-order valence-corrected chi connectivity index (χ2v) is 8.08. The first-order valence-corrected chi connectivity index (χ1v) is 9.14. The summed E-state index contributed by atoms with van der Waals surface area (Å²) < 4.78 is 0. The van der Waals surface area contributed by atoms with Gasteiger partial charge in [0.2, 0.25) is 0 Å². The summed E-state index contributed by atoms with van der Waals surface area (Å²) in [7, 11) is 0. The highest BCUT2D eigenvalue weighted by Gasteiger charge is 2.58. The standard InChI is InChI=1S/C21H21ClO2/c1-20-10-8-18-16(17(20)5-6-19(20)24)4-3-14-13-15(23)7-11-21(14,18)9-2-12-22/h3-4,7,11,13,16-18H,5-6,8-10H2,1H3/t16-,17-,18-,20-,21-/m0/s1. The molecule has 0 radical (unpaired) electrons. The highest BCUT2D eigenvalue weighted by molar-refractivity contribution is 6.30. The monoisotopic (exact) mass is 340 g/mol. The van der Waals surface area contributed by atoms with Crippen molar-refractivity contribution in [3.63, 3.8) is 0 Å². The van der Waals surface area contributed by atoms with Crippen LogP contribution in [-0.2, 0) is 9.59 Å². The van der Waals surface area contributed by atoms with E-state index < -0.39 is 0 Å². The van der Waals surface area contributed by atoms with Crippen LogP contribution < -0.4 is 0 Å². The molecule has 0 heterocycles. The molecule has 0 spiro atoms. The van der Waals surface area contributed by atoms with Gasteiger partial charge in [0.05, 0.1) is 0 Å². The summed E-state index contributed by atoms with van der Waals surface area (Å²) in [5.74, 6) is 4.70. The predicted molar refractivity (Wildman–Crippen MR) is 94.1 cm³/mol. The molecule has 0 aromatic heterocycles. The first-order valence-electron chi connectivity index (χ1n) is 8.77. The Kier molecular flexibility index (Phi) is 3.62. The largest absolute Gasteiger partial charge is 0.299 e. The normalized spacial score (nSPS) is 42.6. The number of carbonyl (C=O) groups excluding carboxylic acids is 2. The van der Waals surface area contributed by atoms with Gasteiger partial charge in [-0.05, 0) is 66.3 Å². The molecule has 0 bridgehead atoms. The summed E-state index contributed by atoms with van der Waals surface area (Å²) in [4.78, 5) is 24.3. The van der Waals surface area contributed by atoms with Gasteiger partial charge in [-0.15, -0.1) is 0 Å². The minimum Gasteiger partial charge on any atom is -0.299 e. The molecule has 2 saturated carbocycles. The average molecular weight is 341 g/mol. The molecule has 5 atom stereocenters.